The molecule has 4 nitrogen and oxygen atoms in total. The number of likely N-dealkylation sites (N-methyl/N-ethyl adjacent to an activating group) is 1. The minimum Gasteiger partial charge on any atom is -0.405 e. The largest absolute Gasteiger partial charge is 0.573 e. The Labute approximate surface area is 200 Å². The molecule has 1 aromatic heterocycles. The van der Waals surface area contributed by atoms with Gasteiger partial charge in [0.25, 0.3) is 0 Å². The third-order valence-electron chi connectivity index (χ3n) is 5.41. The smallest absolute Gasteiger partial charge is 0.405 e. The molecule has 4 aromatic rings. The van der Waals surface area contributed by atoms with Gasteiger partial charge < -0.3 is 19.7 Å². The van der Waals surface area contributed by atoms with Gasteiger partial charge in [0.05, 0.1) is 12.1 Å². The normalized spacial score (nSPS) is 13.4. The molecule has 2 N–H and O–H groups in total. The zero-order chi connectivity index (χ0) is 23.6. The lowest BCUT2D eigenvalue weighted by Crippen LogP contribution is -2.33. The second-order valence-electron chi connectivity index (χ2n) is 7.64. The van der Waals surface area contributed by atoms with Crippen LogP contribution in [0.4, 0.5) is 17.6 Å². The van der Waals surface area contributed by atoms with Crippen LogP contribution in [-0.4, -0.2) is 35.7 Å². The van der Waals surface area contributed by atoms with Crippen molar-refractivity contribution in [3.05, 3.63) is 90.4 Å². The maximum Gasteiger partial charge on any atom is 0.573 e. The molecule has 3 aromatic carbocycles. The van der Waals surface area contributed by atoms with Crippen LogP contribution in [0.3, 0.4) is 0 Å². The van der Waals surface area contributed by atoms with E-state index in [1.807, 2.05) is 6.07 Å². The summed E-state index contributed by atoms with van der Waals surface area (Å²) in [5.41, 5.74) is 1.97. The number of nitrogens with zero attached hydrogens (tertiary/aromatic N) is 1. The Morgan fingerprint density at radius 2 is 1.68 bits per heavy atom. The highest BCUT2D eigenvalue weighted by molar-refractivity contribution is 5.97. The Bertz CT molecular complexity index is 1260. The molecule has 0 amide bonds. The molecule has 0 fully saturated rings. The van der Waals surface area contributed by atoms with Crippen LogP contribution >= 0.6 is 12.4 Å². The monoisotopic (exact) mass is 494 g/mol. The number of benzene rings is 3. The fourth-order valence-electron chi connectivity index (χ4n) is 4.13. The van der Waals surface area contributed by atoms with E-state index in [1.165, 1.54) is 24.3 Å². The molecule has 1 heterocycles. The maximum atomic E-state index is 14.1. The first-order chi connectivity index (χ1) is 15.8. The number of rotatable bonds is 7. The van der Waals surface area contributed by atoms with Crippen LogP contribution in [0.2, 0.25) is 0 Å². The molecule has 0 spiro atoms. The maximum absolute atomic E-state index is 14.1. The summed E-state index contributed by atoms with van der Waals surface area (Å²) in [4.78, 5) is 0. The average molecular weight is 495 g/mol. The van der Waals surface area contributed by atoms with E-state index in [0.29, 0.717) is 22.0 Å². The fourth-order valence-corrected chi connectivity index (χ4v) is 4.13. The standard InChI is InChI=1S/C25H22F4N2O2.ClH/c1-30-14-22(32)24(16-7-6-8-17(26)13-16)31-15-20(18-9-2-4-11-21(18)31)19-10-3-5-12-23(19)33-25(27,28)29;/h2-13,15,22,24,30,32H,14H2,1H3;1H/t22-,24+;/m1./s1. The first-order valence-corrected chi connectivity index (χ1v) is 10.3. The fraction of sp³-hybridized carbons (Fsp3) is 0.200. The van der Waals surface area contributed by atoms with Crippen LogP contribution in [0.1, 0.15) is 11.6 Å². The first-order valence-electron chi connectivity index (χ1n) is 10.3. The van der Waals surface area contributed by atoms with Crippen molar-refractivity contribution in [2.24, 2.45) is 0 Å². The molecule has 0 saturated heterocycles. The van der Waals surface area contributed by atoms with Crippen LogP contribution in [0.25, 0.3) is 22.0 Å². The van der Waals surface area contributed by atoms with Gasteiger partial charge in [-0.2, -0.15) is 0 Å². The third-order valence-corrected chi connectivity index (χ3v) is 5.41. The van der Waals surface area contributed by atoms with E-state index >= 15 is 0 Å². The van der Waals surface area contributed by atoms with Crippen molar-refractivity contribution in [3.8, 4) is 16.9 Å². The second kappa shape index (κ2) is 10.5. The van der Waals surface area contributed by atoms with Crippen molar-refractivity contribution < 1.29 is 27.4 Å². The molecule has 34 heavy (non-hydrogen) atoms. The molecular formula is C25H23ClF4N2O2. The van der Waals surface area contributed by atoms with Gasteiger partial charge in [-0.15, -0.1) is 25.6 Å². The topological polar surface area (TPSA) is 46.4 Å². The van der Waals surface area contributed by atoms with Gasteiger partial charge in [0, 0.05) is 34.8 Å². The van der Waals surface area contributed by atoms with E-state index in [2.05, 4.69) is 10.1 Å². The third kappa shape index (κ3) is 5.35. The molecule has 9 heteroatoms. The molecule has 0 radical (unpaired) electrons. The molecule has 2 atom stereocenters. The quantitative estimate of drug-likeness (QED) is 0.313. The number of halogens is 5. The number of ether oxygens (including phenoxy) is 1. The molecular weight excluding hydrogens is 472 g/mol. The van der Waals surface area contributed by atoms with Gasteiger partial charge in [-0.1, -0.05) is 48.5 Å². The predicted molar refractivity (Wildman–Crippen MR) is 126 cm³/mol. The van der Waals surface area contributed by atoms with E-state index in [1.54, 1.807) is 60.3 Å². The highest BCUT2D eigenvalue weighted by Gasteiger charge is 2.33. The zero-order valence-electron chi connectivity index (χ0n) is 18.1. The van der Waals surface area contributed by atoms with Gasteiger partial charge in [-0.3, -0.25) is 0 Å². The number of aliphatic hydroxyl groups excluding tert-OH is 1. The summed E-state index contributed by atoms with van der Waals surface area (Å²) in [6, 6.07) is 18.3. The summed E-state index contributed by atoms with van der Waals surface area (Å²) in [6.45, 7) is 0.219. The lowest BCUT2D eigenvalue weighted by molar-refractivity contribution is -0.274. The molecule has 0 unspecified atom stereocenters. The molecule has 0 aliphatic carbocycles. The number of aliphatic hydroxyl groups is 1. The van der Waals surface area contributed by atoms with E-state index < -0.39 is 24.3 Å². The highest BCUT2D eigenvalue weighted by Crippen LogP contribution is 2.40. The van der Waals surface area contributed by atoms with E-state index in [-0.39, 0.29) is 30.3 Å². The van der Waals surface area contributed by atoms with Gasteiger partial charge in [0.15, 0.2) is 0 Å². The summed E-state index contributed by atoms with van der Waals surface area (Å²) in [5.74, 6) is -0.777. The Morgan fingerprint density at radius 3 is 2.38 bits per heavy atom. The summed E-state index contributed by atoms with van der Waals surface area (Å²) in [6.07, 6.45) is -4.11. The number of hydrogen-bond donors (Lipinski definition) is 2. The van der Waals surface area contributed by atoms with Gasteiger partial charge >= 0.3 is 6.36 Å². The van der Waals surface area contributed by atoms with Gasteiger partial charge in [0.1, 0.15) is 11.6 Å². The second-order valence-corrected chi connectivity index (χ2v) is 7.64. The Balaban J connectivity index is 0.00000324. The van der Waals surface area contributed by atoms with Crippen molar-refractivity contribution in [3.63, 3.8) is 0 Å². The number of nitrogens with one attached hydrogen (secondary N) is 1. The SMILES string of the molecule is CNC[C@@H](O)[C@H](c1cccc(F)c1)n1cc(-c2ccccc2OC(F)(F)F)c2ccccc21.Cl. The molecule has 0 aliphatic heterocycles. The highest BCUT2D eigenvalue weighted by atomic mass is 35.5. The van der Waals surface area contributed by atoms with Crippen LogP contribution in [-0.2, 0) is 0 Å². The Hall–Kier alpha value is -3.07. The molecule has 4 rings (SSSR count). The van der Waals surface area contributed by atoms with E-state index in [9.17, 15) is 22.7 Å². The average Bonchev–Trinajstić information content (AvgIpc) is 3.13. The zero-order valence-corrected chi connectivity index (χ0v) is 18.9. The number of hydrogen-bond acceptors (Lipinski definition) is 3. The summed E-state index contributed by atoms with van der Waals surface area (Å²) >= 11 is 0. The minimum atomic E-state index is -4.85. The van der Waals surface area contributed by atoms with Crippen molar-refractivity contribution in [2.45, 2.75) is 18.5 Å². The lowest BCUT2D eigenvalue weighted by atomic mass is 10.0. The Kier molecular flexibility index (Phi) is 7.86. The molecule has 0 aliphatic rings. The summed E-state index contributed by atoms with van der Waals surface area (Å²) in [5, 5.41) is 14.6. The van der Waals surface area contributed by atoms with Gasteiger partial charge in [-0.25, -0.2) is 4.39 Å². The van der Waals surface area contributed by atoms with E-state index in [4.69, 9.17) is 0 Å². The van der Waals surface area contributed by atoms with Crippen molar-refractivity contribution in [1.29, 1.82) is 0 Å². The molecule has 180 valence electrons. The van der Waals surface area contributed by atoms with Crippen LogP contribution in [0.5, 0.6) is 5.75 Å². The Morgan fingerprint density at radius 1 is 0.971 bits per heavy atom. The number of aromatic nitrogens is 1. The van der Waals surface area contributed by atoms with Gasteiger partial charge in [0.2, 0.25) is 0 Å². The minimum absolute atomic E-state index is 0. The van der Waals surface area contributed by atoms with E-state index in [0.717, 1.165) is 0 Å². The predicted octanol–water partition coefficient (Wildman–Crippen LogP) is 5.94. The number of alkyl halides is 3. The first kappa shape index (κ1) is 25.6. The van der Waals surface area contributed by atoms with Crippen LogP contribution in [0.15, 0.2) is 79.0 Å². The van der Waals surface area contributed by atoms with Crippen molar-refractivity contribution >= 4 is 23.3 Å². The number of para-hydroxylation sites is 2. The summed E-state index contributed by atoms with van der Waals surface area (Å²) in [7, 11) is 1.69. The molecule has 0 bridgehead atoms. The lowest BCUT2D eigenvalue weighted by Gasteiger charge is -2.26. The van der Waals surface area contributed by atoms with Crippen LogP contribution < -0.4 is 10.1 Å². The van der Waals surface area contributed by atoms with Crippen molar-refractivity contribution in [2.75, 3.05) is 13.6 Å². The molecule has 0 saturated carbocycles. The van der Waals surface area contributed by atoms with Gasteiger partial charge in [-0.05, 0) is 36.9 Å². The van der Waals surface area contributed by atoms with Crippen LogP contribution in [0, 0.1) is 5.82 Å². The summed E-state index contributed by atoms with van der Waals surface area (Å²) < 4.78 is 59.2. The van der Waals surface area contributed by atoms with Crippen molar-refractivity contribution in [1.82, 2.24) is 9.88 Å². The number of fused-ring (bicyclic) bond motifs is 1.